The molecule has 0 spiro atoms. The number of esters is 1. The number of ether oxygens (including phenoxy) is 2. The molecular weight excluding hydrogens is 476 g/mol. The van der Waals surface area contributed by atoms with Gasteiger partial charge in [-0.25, -0.2) is 10.2 Å². The second-order valence-corrected chi connectivity index (χ2v) is 8.16. The van der Waals surface area contributed by atoms with E-state index in [-0.39, 0.29) is 17.9 Å². The summed E-state index contributed by atoms with van der Waals surface area (Å²) < 4.78 is 11.3. The Bertz CT molecular complexity index is 1450. The van der Waals surface area contributed by atoms with Gasteiger partial charge in [-0.3, -0.25) is 4.79 Å². The van der Waals surface area contributed by atoms with Crippen molar-refractivity contribution in [3.63, 3.8) is 0 Å². The third-order valence-corrected chi connectivity index (χ3v) is 5.64. The van der Waals surface area contributed by atoms with Crippen LogP contribution in [0.1, 0.15) is 21.5 Å². The Balaban J connectivity index is 1.50. The number of halogens is 1. The first-order valence-corrected chi connectivity index (χ1v) is 11.6. The maximum Gasteiger partial charge on any atom is 0.345 e. The van der Waals surface area contributed by atoms with E-state index in [0.717, 1.165) is 16.3 Å². The van der Waals surface area contributed by atoms with Gasteiger partial charge >= 0.3 is 5.97 Å². The molecule has 1 amide bonds. The van der Waals surface area contributed by atoms with Crippen molar-refractivity contribution in [2.45, 2.75) is 6.42 Å². The maximum atomic E-state index is 12.8. The van der Waals surface area contributed by atoms with Crippen molar-refractivity contribution in [2.75, 3.05) is 6.61 Å². The molecule has 4 aromatic carbocycles. The molecule has 0 unspecified atom stereocenters. The molecule has 0 saturated heterocycles. The fourth-order valence-corrected chi connectivity index (χ4v) is 3.81. The predicted octanol–water partition coefficient (Wildman–Crippen LogP) is 5.97. The lowest BCUT2D eigenvalue weighted by Gasteiger charge is -2.11. The third-order valence-electron chi connectivity index (χ3n) is 5.31. The van der Waals surface area contributed by atoms with Crippen molar-refractivity contribution in [3.05, 3.63) is 119 Å². The minimum atomic E-state index is -0.596. The van der Waals surface area contributed by atoms with Crippen molar-refractivity contribution in [3.8, 4) is 11.5 Å². The first-order valence-electron chi connectivity index (χ1n) is 11.2. The first kappa shape index (κ1) is 24.7. The summed E-state index contributed by atoms with van der Waals surface area (Å²) in [6.45, 7) is 3.52. The summed E-state index contributed by atoms with van der Waals surface area (Å²) in [4.78, 5) is 25.1. The van der Waals surface area contributed by atoms with Gasteiger partial charge in [-0.05, 0) is 47.0 Å². The Morgan fingerprint density at radius 1 is 0.917 bits per heavy atom. The van der Waals surface area contributed by atoms with Gasteiger partial charge in [0.2, 0.25) is 0 Å². The Hall–Kier alpha value is -4.42. The van der Waals surface area contributed by atoms with Crippen LogP contribution in [0.3, 0.4) is 0 Å². The summed E-state index contributed by atoms with van der Waals surface area (Å²) in [5, 5.41) is 6.10. The summed E-state index contributed by atoms with van der Waals surface area (Å²) in [5.41, 5.74) is 4.18. The van der Waals surface area contributed by atoms with Gasteiger partial charge in [-0.2, -0.15) is 5.10 Å². The number of nitrogens with one attached hydrogen (secondary N) is 1. The topological polar surface area (TPSA) is 77.0 Å². The predicted molar refractivity (Wildman–Crippen MR) is 142 cm³/mol. The van der Waals surface area contributed by atoms with Gasteiger partial charge in [-0.1, -0.05) is 78.3 Å². The van der Waals surface area contributed by atoms with E-state index < -0.39 is 11.9 Å². The molecule has 180 valence electrons. The molecule has 4 rings (SSSR count). The highest BCUT2D eigenvalue weighted by atomic mass is 35.5. The average Bonchev–Trinajstić information content (AvgIpc) is 2.89. The van der Waals surface area contributed by atoms with Crippen molar-refractivity contribution in [2.24, 2.45) is 5.10 Å². The van der Waals surface area contributed by atoms with E-state index in [1.807, 2.05) is 48.5 Å². The van der Waals surface area contributed by atoms with Crippen molar-refractivity contribution in [1.29, 1.82) is 0 Å². The lowest BCUT2D eigenvalue weighted by molar-refractivity contribution is -0.123. The van der Waals surface area contributed by atoms with Crippen molar-refractivity contribution < 1.29 is 19.1 Å². The van der Waals surface area contributed by atoms with Gasteiger partial charge in [-0.15, -0.1) is 6.58 Å². The molecule has 0 radical (unpaired) electrons. The molecule has 0 heterocycles. The van der Waals surface area contributed by atoms with Gasteiger partial charge in [0.15, 0.2) is 6.61 Å². The van der Waals surface area contributed by atoms with Crippen LogP contribution in [0.2, 0.25) is 5.02 Å². The molecule has 7 heteroatoms. The number of hydrazone groups is 1. The summed E-state index contributed by atoms with van der Waals surface area (Å²) in [6, 6.07) is 25.2. The largest absolute Gasteiger partial charge is 0.483 e. The SMILES string of the molecule is C=CCc1ccccc1OCC(=O)NN=Cc1c(OC(=O)c2ccccc2Cl)ccc2ccccc12. The zero-order chi connectivity index (χ0) is 25.3. The summed E-state index contributed by atoms with van der Waals surface area (Å²) in [5.74, 6) is -0.138. The number of amides is 1. The molecule has 0 aliphatic carbocycles. The Kier molecular flexibility index (Phi) is 8.11. The monoisotopic (exact) mass is 498 g/mol. The van der Waals surface area contributed by atoms with E-state index in [2.05, 4.69) is 17.1 Å². The van der Waals surface area contributed by atoms with Gasteiger partial charge < -0.3 is 9.47 Å². The average molecular weight is 499 g/mol. The zero-order valence-electron chi connectivity index (χ0n) is 19.3. The van der Waals surface area contributed by atoms with Crippen LogP contribution in [0.5, 0.6) is 11.5 Å². The lowest BCUT2D eigenvalue weighted by Crippen LogP contribution is -2.25. The van der Waals surface area contributed by atoms with E-state index >= 15 is 0 Å². The highest BCUT2D eigenvalue weighted by Crippen LogP contribution is 2.28. The number of rotatable bonds is 9. The van der Waals surface area contributed by atoms with Crippen LogP contribution in [-0.2, 0) is 11.2 Å². The van der Waals surface area contributed by atoms with E-state index in [9.17, 15) is 9.59 Å². The molecule has 0 aliphatic rings. The molecule has 0 saturated carbocycles. The van der Waals surface area contributed by atoms with Gasteiger partial charge in [0.25, 0.3) is 5.91 Å². The highest BCUT2D eigenvalue weighted by molar-refractivity contribution is 6.33. The summed E-state index contributed by atoms with van der Waals surface area (Å²) in [6.07, 6.45) is 3.85. The Labute approximate surface area is 213 Å². The zero-order valence-corrected chi connectivity index (χ0v) is 20.1. The number of nitrogens with zero attached hydrogens (tertiary/aromatic N) is 1. The molecule has 1 N–H and O–H groups in total. The van der Waals surface area contributed by atoms with Crippen molar-refractivity contribution >= 4 is 40.5 Å². The van der Waals surface area contributed by atoms with Crippen LogP contribution >= 0.6 is 11.6 Å². The van der Waals surface area contributed by atoms with E-state index in [1.165, 1.54) is 6.21 Å². The molecule has 4 aromatic rings. The number of hydrogen-bond donors (Lipinski definition) is 1. The van der Waals surface area contributed by atoms with Crippen LogP contribution in [0.15, 0.2) is 103 Å². The second-order valence-electron chi connectivity index (χ2n) is 7.75. The minimum Gasteiger partial charge on any atom is -0.483 e. The van der Waals surface area contributed by atoms with Gasteiger partial charge in [0.1, 0.15) is 11.5 Å². The number of para-hydroxylation sites is 1. The summed E-state index contributed by atoms with van der Waals surface area (Å²) in [7, 11) is 0. The Morgan fingerprint density at radius 3 is 2.50 bits per heavy atom. The number of carbonyl (C=O) groups is 2. The van der Waals surface area contributed by atoms with Crippen molar-refractivity contribution in [1.82, 2.24) is 5.43 Å². The first-order chi connectivity index (χ1) is 17.6. The molecule has 0 fully saturated rings. The molecule has 0 aliphatic heterocycles. The number of hydrogen-bond acceptors (Lipinski definition) is 5. The Morgan fingerprint density at radius 2 is 1.67 bits per heavy atom. The number of fused-ring (bicyclic) bond motifs is 1. The molecule has 36 heavy (non-hydrogen) atoms. The molecular formula is C29H23ClN2O4. The van der Waals surface area contributed by atoms with Crippen LogP contribution in [-0.4, -0.2) is 24.7 Å². The lowest BCUT2D eigenvalue weighted by atomic mass is 10.0. The van der Waals surface area contributed by atoms with Gasteiger partial charge in [0, 0.05) is 5.56 Å². The van der Waals surface area contributed by atoms with E-state index in [0.29, 0.717) is 22.8 Å². The molecule has 6 nitrogen and oxygen atoms in total. The fourth-order valence-electron chi connectivity index (χ4n) is 3.59. The van der Waals surface area contributed by atoms with Gasteiger partial charge in [0.05, 0.1) is 16.8 Å². The van der Waals surface area contributed by atoms with Crippen LogP contribution in [0, 0.1) is 0 Å². The number of carbonyl (C=O) groups excluding carboxylic acids is 2. The normalized spacial score (nSPS) is 10.8. The fraction of sp³-hybridized carbons (Fsp3) is 0.0690. The van der Waals surface area contributed by atoms with Crippen LogP contribution in [0.4, 0.5) is 0 Å². The molecule has 0 atom stereocenters. The third kappa shape index (κ3) is 5.98. The maximum absolute atomic E-state index is 12.8. The smallest absolute Gasteiger partial charge is 0.345 e. The minimum absolute atomic E-state index is 0.213. The summed E-state index contributed by atoms with van der Waals surface area (Å²) >= 11 is 6.15. The number of benzene rings is 4. The van der Waals surface area contributed by atoms with E-state index in [4.69, 9.17) is 21.1 Å². The van der Waals surface area contributed by atoms with Crippen LogP contribution < -0.4 is 14.9 Å². The highest BCUT2D eigenvalue weighted by Gasteiger charge is 2.16. The molecule has 0 bridgehead atoms. The molecule has 0 aromatic heterocycles. The van der Waals surface area contributed by atoms with Crippen LogP contribution in [0.25, 0.3) is 10.8 Å². The second kappa shape index (κ2) is 11.8. The standard InChI is InChI=1S/C29H23ClN2O4/c1-2-9-21-11-4-8-15-26(21)35-19-28(33)32-31-18-24-22-12-5-3-10-20(22)16-17-27(24)36-29(34)23-13-6-7-14-25(23)30/h2-8,10-18H,1,9,19H2,(H,32,33). The van der Waals surface area contributed by atoms with E-state index in [1.54, 1.807) is 42.5 Å². The quantitative estimate of drug-likeness (QED) is 0.101. The number of allylic oxidation sites excluding steroid dienone is 1.